The van der Waals surface area contributed by atoms with E-state index < -0.39 is 0 Å². The number of hydrogen-bond donors (Lipinski definition) is 1. The van der Waals surface area contributed by atoms with Crippen LogP contribution in [-0.4, -0.2) is 42.6 Å². The molecule has 4 heteroatoms. The van der Waals surface area contributed by atoms with Crippen molar-refractivity contribution in [1.29, 1.82) is 0 Å². The van der Waals surface area contributed by atoms with Gasteiger partial charge in [0.05, 0.1) is 12.1 Å². The number of ether oxygens (including phenoxy) is 1. The van der Waals surface area contributed by atoms with Gasteiger partial charge in [-0.2, -0.15) is 0 Å². The van der Waals surface area contributed by atoms with E-state index in [1.54, 1.807) is 0 Å². The Labute approximate surface area is 116 Å². The Bertz CT molecular complexity index is 277. The van der Waals surface area contributed by atoms with E-state index in [2.05, 4.69) is 6.92 Å². The van der Waals surface area contributed by atoms with E-state index >= 15 is 0 Å². The van der Waals surface area contributed by atoms with Crippen molar-refractivity contribution in [3.8, 4) is 0 Å². The summed E-state index contributed by atoms with van der Waals surface area (Å²) in [4.78, 5) is 12.3. The highest BCUT2D eigenvalue weighted by molar-refractivity contribution is 5.48. The number of hydrogen-bond acceptors (Lipinski definition) is 3. The molecule has 3 atom stereocenters. The third-order valence-corrected chi connectivity index (χ3v) is 4.80. The van der Waals surface area contributed by atoms with Gasteiger partial charge in [-0.15, -0.1) is 0 Å². The van der Waals surface area contributed by atoms with Gasteiger partial charge in [-0.05, 0) is 38.5 Å². The van der Waals surface area contributed by atoms with Crippen LogP contribution < -0.4 is 5.73 Å². The zero-order valence-electron chi connectivity index (χ0n) is 12.1. The van der Waals surface area contributed by atoms with Crippen molar-refractivity contribution in [3.05, 3.63) is 0 Å². The van der Waals surface area contributed by atoms with Crippen molar-refractivity contribution >= 4 is 6.41 Å². The monoisotopic (exact) mass is 268 g/mol. The summed E-state index contributed by atoms with van der Waals surface area (Å²) in [6.45, 7) is 3.86. The van der Waals surface area contributed by atoms with E-state index in [-0.39, 0.29) is 0 Å². The Hall–Kier alpha value is -0.610. The van der Waals surface area contributed by atoms with Crippen LogP contribution in [-0.2, 0) is 9.53 Å². The van der Waals surface area contributed by atoms with Gasteiger partial charge < -0.3 is 15.4 Å². The maximum absolute atomic E-state index is 10.4. The molecule has 0 aromatic carbocycles. The van der Waals surface area contributed by atoms with Crippen LogP contribution in [0.25, 0.3) is 0 Å². The van der Waals surface area contributed by atoms with E-state index in [4.69, 9.17) is 10.5 Å². The lowest BCUT2D eigenvalue weighted by Crippen LogP contribution is -2.30. The standard InChI is InChI=1S/C8H17N.C7H11NO2/c1-7(9)8-5-3-2-4-6-8;9-5-8-3-1-7-6(8)2-4-10-7/h7-8H,2-6,9H2,1H3;5-7H,1-4H2/t;6-,7-/m.1/s1. The summed E-state index contributed by atoms with van der Waals surface area (Å²) in [7, 11) is 0. The zero-order valence-corrected chi connectivity index (χ0v) is 12.1. The Morgan fingerprint density at radius 3 is 2.53 bits per heavy atom. The molecule has 1 amide bonds. The minimum absolute atomic E-state index is 0.352. The Morgan fingerprint density at radius 1 is 1.21 bits per heavy atom. The predicted octanol–water partition coefficient (Wildman–Crippen LogP) is 1.92. The second-order valence-electron chi connectivity index (χ2n) is 6.15. The summed E-state index contributed by atoms with van der Waals surface area (Å²) in [5, 5.41) is 0. The van der Waals surface area contributed by atoms with Crippen molar-refractivity contribution in [2.24, 2.45) is 11.7 Å². The van der Waals surface area contributed by atoms with E-state index in [9.17, 15) is 4.79 Å². The first-order chi connectivity index (χ1) is 9.22. The Balaban J connectivity index is 0.000000141. The summed E-state index contributed by atoms with van der Waals surface area (Å²) < 4.78 is 5.41. The second-order valence-corrected chi connectivity index (χ2v) is 6.15. The van der Waals surface area contributed by atoms with Crippen LogP contribution in [0.1, 0.15) is 51.9 Å². The van der Waals surface area contributed by atoms with Crippen LogP contribution >= 0.6 is 0 Å². The summed E-state index contributed by atoms with van der Waals surface area (Å²) in [5.74, 6) is 0.832. The summed E-state index contributed by atoms with van der Waals surface area (Å²) in [5.41, 5.74) is 5.77. The molecule has 2 heterocycles. The van der Waals surface area contributed by atoms with E-state index in [0.29, 0.717) is 18.2 Å². The fourth-order valence-electron chi connectivity index (χ4n) is 3.53. The molecule has 110 valence electrons. The molecule has 0 spiro atoms. The highest BCUT2D eigenvalue weighted by atomic mass is 16.5. The van der Waals surface area contributed by atoms with Crippen molar-refractivity contribution in [3.63, 3.8) is 0 Å². The second kappa shape index (κ2) is 7.25. The normalized spacial score (nSPS) is 32.4. The maximum atomic E-state index is 10.4. The average molecular weight is 268 g/mol. The van der Waals surface area contributed by atoms with E-state index in [1.807, 2.05) is 4.90 Å². The minimum atomic E-state index is 0.352. The minimum Gasteiger partial charge on any atom is -0.376 e. The molecule has 1 aliphatic carbocycles. The van der Waals surface area contributed by atoms with Gasteiger partial charge >= 0.3 is 0 Å². The molecule has 4 nitrogen and oxygen atoms in total. The van der Waals surface area contributed by atoms with Gasteiger partial charge in [-0.1, -0.05) is 19.3 Å². The lowest BCUT2D eigenvalue weighted by molar-refractivity contribution is -0.118. The predicted molar refractivity (Wildman–Crippen MR) is 75.8 cm³/mol. The summed E-state index contributed by atoms with van der Waals surface area (Å²) >= 11 is 0. The molecule has 0 bridgehead atoms. The van der Waals surface area contributed by atoms with Crippen LogP contribution in [0.2, 0.25) is 0 Å². The van der Waals surface area contributed by atoms with Crippen molar-refractivity contribution in [2.45, 2.75) is 70.1 Å². The Kier molecular flexibility index (Phi) is 5.64. The summed E-state index contributed by atoms with van der Waals surface area (Å²) in [6.07, 6.45) is 10.4. The molecule has 0 radical (unpaired) electrons. The number of nitrogens with two attached hydrogens (primary N) is 1. The van der Waals surface area contributed by atoms with Crippen molar-refractivity contribution < 1.29 is 9.53 Å². The third-order valence-electron chi connectivity index (χ3n) is 4.80. The molecule has 3 aliphatic rings. The van der Waals surface area contributed by atoms with Crippen LogP contribution in [0.3, 0.4) is 0 Å². The van der Waals surface area contributed by atoms with Gasteiger partial charge in [-0.3, -0.25) is 4.79 Å². The lowest BCUT2D eigenvalue weighted by Gasteiger charge is -2.24. The van der Waals surface area contributed by atoms with Crippen LogP contribution in [0, 0.1) is 5.92 Å². The molecule has 3 fully saturated rings. The highest BCUT2D eigenvalue weighted by Gasteiger charge is 2.37. The van der Waals surface area contributed by atoms with Gasteiger partial charge in [0.2, 0.25) is 6.41 Å². The smallest absolute Gasteiger partial charge is 0.210 e. The SMILES string of the molecule is CC(N)C1CCCCC1.O=CN1CC[C@H]2OCC[C@H]21. The first-order valence-electron chi connectivity index (χ1n) is 7.80. The quantitative estimate of drug-likeness (QED) is 0.778. The van der Waals surface area contributed by atoms with Crippen molar-refractivity contribution in [1.82, 2.24) is 4.90 Å². The van der Waals surface area contributed by atoms with E-state index in [0.717, 1.165) is 38.3 Å². The number of rotatable bonds is 2. The first-order valence-corrected chi connectivity index (χ1v) is 7.80. The van der Waals surface area contributed by atoms with Gasteiger partial charge in [0.1, 0.15) is 0 Å². The fourth-order valence-corrected chi connectivity index (χ4v) is 3.53. The number of likely N-dealkylation sites (tertiary alicyclic amines) is 1. The molecule has 2 N–H and O–H groups in total. The van der Waals surface area contributed by atoms with E-state index in [1.165, 1.54) is 32.1 Å². The number of fused-ring (bicyclic) bond motifs is 1. The third kappa shape index (κ3) is 3.93. The van der Waals surface area contributed by atoms with Crippen LogP contribution in [0.4, 0.5) is 0 Å². The van der Waals surface area contributed by atoms with Crippen molar-refractivity contribution in [2.75, 3.05) is 13.2 Å². The van der Waals surface area contributed by atoms with Gasteiger partial charge in [0, 0.05) is 19.2 Å². The maximum Gasteiger partial charge on any atom is 0.210 e. The highest BCUT2D eigenvalue weighted by Crippen LogP contribution is 2.27. The molecular weight excluding hydrogens is 240 g/mol. The number of carbonyl (C=O) groups excluding carboxylic acids is 1. The molecular formula is C15H28N2O2. The molecule has 0 aromatic heterocycles. The first kappa shape index (κ1) is 14.8. The van der Waals surface area contributed by atoms with Crippen LogP contribution in [0.15, 0.2) is 0 Å². The molecule has 1 saturated carbocycles. The topological polar surface area (TPSA) is 55.6 Å². The number of amides is 1. The molecule has 3 rings (SSSR count). The zero-order chi connectivity index (χ0) is 13.7. The average Bonchev–Trinajstić information content (AvgIpc) is 3.03. The van der Waals surface area contributed by atoms with Crippen LogP contribution in [0.5, 0.6) is 0 Å². The molecule has 19 heavy (non-hydrogen) atoms. The lowest BCUT2D eigenvalue weighted by atomic mass is 9.85. The van der Waals surface area contributed by atoms with Gasteiger partial charge in [-0.25, -0.2) is 0 Å². The molecule has 2 saturated heterocycles. The molecule has 0 aromatic rings. The molecule has 2 aliphatic heterocycles. The van der Waals surface area contributed by atoms with Gasteiger partial charge in [0.25, 0.3) is 0 Å². The van der Waals surface area contributed by atoms with Gasteiger partial charge in [0.15, 0.2) is 0 Å². The molecule has 1 unspecified atom stereocenters. The number of carbonyl (C=O) groups is 1. The Morgan fingerprint density at radius 2 is 1.95 bits per heavy atom. The number of nitrogens with zero attached hydrogens (tertiary/aromatic N) is 1. The largest absolute Gasteiger partial charge is 0.376 e. The summed E-state index contributed by atoms with van der Waals surface area (Å²) in [6, 6.07) is 0.836. The fraction of sp³-hybridized carbons (Fsp3) is 0.933.